The van der Waals surface area contributed by atoms with Gasteiger partial charge in [-0.1, -0.05) is 0 Å². The second-order valence-electron chi connectivity index (χ2n) is 4.60. The summed E-state index contributed by atoms with van der Waals surface area (Å²) in [7, 11) is 1.62. The standard InChI is InChI=1S/C15H14N2O3/c1-9-8-13-14(15(18)20-9)10(2)17(16-13)11-4-6-12(19-3)7-5-11/h4-8H,1-3H3. The molecule has 3 aromatic rings. The van der Waals surface area contributed by atoms with Crippen LogP contribution in [0, 0.1) is 13.8 Å². The lowest BCUT2D eigenvalue weighted by Gasteiger charge is -2.05. The summed E-state index contributed by atoms with van der Waals surface area (Å²) < 4.78 is 12.0. The lowest BCUT2D eigenvalue weighted by atomic mass is 10.2. The molecule has 2 aromatic heterocycles. The lowest BCUT2D eigenvalue weighted by molar-refractivity contribution is 0.414. The van der Waals surface area contributed by atoms with Crippen LogP contribution in [0.4, 0.5) is 0 Å². The van der Waals surface area contributed by atoms with Crippen LogP contribution in [-0.4, -0.2) is 16.9 Å². The van der Waals surface area contributed by atoms with E-state index in [-0.39, 0.29) is 5.63 Å². The average molecular weight is 270 g/mol. The van der Waals surface area contributed by atoms with E-state index in [4.69, 9.17) is 9.15 Å². The molecule has 0 radical (unpaired) electrons. The first-order valence-corrected chi connectivity index (χ1v) is 6.24. The first-order chi connectivity index (χ1) is 9.60. The molecular weight excluding hydrogens is 256 g/mol. The molecule has 0 atom stereocenters. The van der Waals surface area contributed by atoms with Crippen LogP contribution < -0.4 is 10.4 Å². The number of methoxy groups -OCH3 is 1. The number of fused-ring (bicyclic) bond motifs is 1. The summed E-state index contributed by atoms with van der Waals surface area (Å²) in [6.07, 6.45) is 0. The Hall–Kier alpha value is -2.56. The number of hydrogen-bond acceptors (Lipinski definition) is 4. The minimum Gasteiger partial charge on any atom is -0.497 e. The van der Waals surface area contributed by atoms with Crippen LogP contribution in [0.1, 0.15) is 11.5 Å². The topological polar surface area (TPSA) is 57.3 Å². The lowest BCUT2D eigenvalue weighted by Crippen LogP contribution is -2.02. The Balaban J connectivity index is 2.23. The summed E-state index contributed by atoms with van der Waals surface area (Å²) >= 11 is 0. The van der Waals surface area contributed by atoms with E-state index in [1.165, 1.54) is 0 Å². The number of nitrogens with zero attached hydrogens (tertiary/aromatic N) is 2. The number of ether oxygens (including phenoxy) is 1. The monoisotopic (exact) mass is 270 g/mol. The van der Waals surface area contributed by atoms with Crippen LogP contribution >= 0.6 is 0 Å². The number of rotatable bonds is 2. The molecule has 0 saturated carbocycles. The predicted octanol–water partition coefficient (Wildman–Crippen LogP) is 2.60. The molecule has 0 amide bonds. The van der Waals surface area contributed by atoms with Crippen molar-refractivity contribution in [1.29, 1.82) is 0 Å². The number of benzene rings is 1. The van der Waals surface area contributed by atoms with E-state index in [0.717, 1.165) is 17.1 Å². The molecule has 0 saturated heterocycles. The fourth-order valence-corrected chi connectivity index (χ4v) is 2.27. The van der Waals surface area contributed by atoms with E-state index in [9.17, 15) is 4.79 Å². The zero-order valence-corrected chi connectivity index (χ0v) is 11.5. The molecule has 0 aliphatic rings. The second kappa shape index (κ2) is 4.52. The Bertz CT molecular complexity index is 829. The van der Waals surface area contributed by atoms with E-state index >= 15 is 0 Å². The molecule has 0 spiro atoms. The third kappa shape index (κ3) is 1.87. The summed E-state index contributed by atoms with van der Waals surface area (Å²) in [5, 5.41) is 5.00. The Morgan fingerprint density at radius 2 is 1.90 bits per heavy atom. The molecular formula is C15H14N2O3. The Morgan fingerprint density at radius 3 is 2.55 bits per heavy atom. The van der Waals surface area contributed by atoms with Gasteiger partial charge in [-0.3, -0.25) is 0 Å². The van der Waals surface area contributed by atoms with Crippen LogP contribution in [0.2, 0.25) is 0 Å². The quantitative estimate of drug-likeness (QED) is 0.718. The van der Waals surface area contributed by atoms with Gasteiger partial charge < -0.3 is 9.15 Å². The summed E-state index contributed by atoms with van der Waals surface area (Å²) in [6, 6.07) is 9.27. The zero-order chi connectivity index (χ0) is 14.3. The summed E-state index contributed by atoms with van der Waals surface area (Å²) in [4.78, 5) is 11.9. The Kier molecular flexibility index (Phi) is 2.82. The van der Waals surface area contributed by atoms with Crippen molar-refractivity contribution in [1.82, 2.24) is 9.78 Å². The molecule has 1 aromatic carbocycles. The number of aromatic nitrogens is 2. The van der Waals surface area contributed by atoms with E-state index < -0.39 is 0 Å². The van der Waals surface area contributed by atoms with Crippen molar-refractivity contribution >= 4 is 10.9 Å². The molecule has 20 heavy (non-hydrogen) atoms. The molecule has 0 N–H and O–H groups in total. The van der Waals surface area contributed by atoms with Gasteiger partial charge in [0, 0.05) is 6.07 Å². The minimum absolute atomic E-state index is 0.350. The van der Waals surface area contributed by atoms with E-state index in [1.54, 1.807) is 24.8 Å². The normalized spacial score (nSPS) is 10.9. The van der Waals surface area contributed by atoms with Gasteiger partial charge in [-0.15, -0.1) is 0 Å². The summed E-state index contributed by atoms with van der Waals surface area (Å²) in [6.45, 7) is 3.59. The molecule has 5 heteroatoms. The average Bonchev–Trinajstić information content (AvgIpc) is 2.76. The van der Waals surface area contributed by atoms with Crippen molar-refractivity contribution in [2.75, 3.05) is 7.11 Å². The van der Waals surface area contributed by atoms with Crippen LogP contribution in [0.5, 0.6) is 5.75 Å². The van der Waals surface area contributed by atoms with Gasteiger partial charge in [0.1, 0.15) is 22.4 Å². The Morgan fingerprint density at radius 1 is 1.20 bits per heavy atom. The SMILES string of the molecule is COc1ccc(-n2nc3cc(C)oc(=O)c3c2C)cc1. The van der Waals surface area contributed by atoms with Crippen LogP contribution in [0.15, 0.2) is 39.5 Å². The highest BCUT2D eigenvalue weighted by Crippen LogP contribution is 2.21. The van der Waals surface area contributed by atoms with Crippen molar-refractivity contribution in [3.8, 4) is 11.4 Å². The van der Waals surface area contributed by atoms with Crippen molar-refractivity contribution in [3.63, 3.8) is 0 Å². The highest BCUT2D eigenvalue weighted by atomic mass is 16.5. The minimum atomic E-state index is -0.350. The molecule has 0 fully saturated rings. The molecule has 5 nitrogen and oxygen atoms in total. The zero-order valence-electron chi connectivity index (χ0n) is 11.5. The van der Waals surface area contributed by atoms with E-state index in [1.807, 2.05) is 31.2 Å². The first kappa shape index (κ1) is 12.5. The van der Waals surface area contributed by atoms with Crippen molar-refractivity contribution in [2.45, 2.75) is 13.8 Å². The molecule has 2 heterocycles. The van der Waals surface area contributed by atoms with Crippen molar-refractivity contribution < 1.29 is 9.15 Å². The van der Waals surface area contributed by atoms with Gasteiger partial charge in [-0.2, -0.15) is 5.10 Å². The number of hydrogen-bond donors (Lipinski definition) is 0. The van der Waals surface area contributed by atoms with Crippen molar-refractivity contribution in [2.24, 2.45) is 0 Å². The first-order valence-electron chi connectivity index (χ1n) is 6.24. The highest BCUT2D eigenvalue weighted by molar-refractivity contribution is 5.80. The largest absolute Gasteiger partial charge is 0.497 e. The molecule has 0 bridgehead atoms. The van der Waals surface area contributed by atoms with Gasteiger partial charge >= 0.3 is 5.63 Å². The van der Waals surface area contributed by atoms with Gasteiger partial charge in [0.15, 0.2) is 0 Å². The maximum atomic E-state index is 11.9. The summed E-state index contributed by atoms with van der Waals surface area (Å²) in [5.74, 6) is 1.33. The molecule has 0 unspecified atom stereocenters. The molecule has 3 rings (SSSR count). The van der Waals surface area contributed by atoms with Crippen molar-refractivity contribution in [3.05, 3.63) is 52.2 Å². The highest BCUT2D eigenvalue weighted by Gasteiger charge is 2.14. The smallest absolute Gasteiger partial charge is 0.347 e. The second-order valence-corrected chi connectivity index (χ2v) is 4.60. The van der Waals surface area contributed by atoms with E-state index in [0.29, 0.717) is 16.7 Å². The fraction of sp³-hybridized carbons (Fsp3) is 0.200. The van der Waals surface area contributed by atoms with Gasteiger partial charge in [-0.25, -0.2) is 9.48 Å². The maximum Gasteiger partial charge on any atom is 0.347 e. The molecule has 0 aliphatic carbocycles. The van der Waals surface area contributed by atoms with Crippen LogP contribution in [0.25, 0.3) is 16.6 Å². The Labute approximate surface area is 115 Å². The molecule has 0 aliphatic heterocycles. The predicted molar refractivity (Wildman–Crippen MR) is 75.6 cm³/mol. The van der Waals surface area contributed by atoms with E-state index in [2.05, 4.69) is 5.10 Å². The van der Waals surface area contributed by atoms with Crippen LogP contribution in [0.3, 0.4) is 0 Å². The molecule has 102 valence electrons. The summed E-state index contributed by atoms with van der Waals surface area (Å²) in [5.41, 5.74) is 1.93. The van der Waals surface area contributed by atoms with Gasteiger partial charge in [-0.05, 0) is 38.1 Å². The van der Waals surface area contributed by atoms with Gasteiger partial charge in [0.05, 0.1) is 18.5 Å². The number of aryl methyl sites for hydroxylation is 2. The maximum absolute atomic E-state index is 11.9. The third-order valence-electron chi connectivity index (χ3n) is 3.26. The van der Waals surface area contributed by atoms with Gasteiger partial charge in [0.2, 0.25) is 0 Å². The third-order valence-corrected chi connectivity index (χ3v) is 3.26. The van der Waals surface area contributed by atoms with Crippen LogP contribution in [-0.2, 0) is 0 Å². The van der Waals surface area contributed by atoms with Gasteiger partial charge in [0.25, 0.3) is 0 Å². The fourth-order valence-electron chi connectivity index (χ4n) is 2.27.